The Kier molecular flexibility index (Phi) is 6.11. The van der Waals surface area contributed by atoms with Crippen molar-refractivity contribution < 1.29 is 13.9 Å². The van der Waals surface area contributed by atoms with Gasteiger partial charge in [0.15, 0.2) is 11.6 Å². The molecule has 138 valence electrons. The molecular formula is C22H16FN3O2. The number of halogens is 1. The van der Waals surface area contributed by atoms with Crippen LogP contribution in [0.3, 0.4) is 0 Å². The Hall–Kier alpha value is -3.98. The maximum atomic E-state index is 14.2. The van der Waals surface area contributed by atoms with Crippen LogP contribution in [0.15, 0.2) is 73.1 Å². The Morgan fingerprint density at radius 1 is 1.21 bits per heavy atom. The number of rotatable bonds is 6. The second-order valence-electron chi connectivity index (χ2n) is 5.81. The van der Waals surface area contributed by atoms with E-state index in [1.54, 1.807) is 54.7 Å². The van der Waals surface area contributed by atoms with Crippen molar-refractivity contribution in [2.45, 2.75) is 6.54 Å². The van der Waals surface area contributed by atoms with E-state index in [9.17, 15) is 9.18 Å². The van der Waals surface area contributed by atoms with Gasteiger partial charge in [-0.15, -0.1) is 0 Å². The molecular weight excluding hydrogens is 357 g/mol. The van der Waals surface area contributed by atoms with E-state index in [4.69, 9.17) is 10.00 Å². The molecule has 0 atom stereocenters. The Labute approximate surface area is 161 Å². The predicted octanol–water partition coefficient (Wildman–Crippen LogP) is 4.21. The van der Waals surface area contributed by atoms with E-state index in [1.165, 1.54) is 24.4 Å². The third-order valence-corrected chi connectivity index (χ3v) is 3.82. The number of hydrogen-bond acceptors (Lipinski definition) is 4. The zero-order chi connectivity index (χ0) is 19.8. The third kappa shape index (κ3) is 5.02. The maximum Gasteiger partial charge on any atom is 0.244 e. The van der Waals surface area contributed by atoms with Crippen LogP contribution in [0.4, 0.5) is 4.39 Å². The number of nitriles is 1. The van der Waals surface area contributed by atoms with Crippen molar-refractivity contribution in [2.75, 3.05) is 0 Å². The van der Waals surface area contributed by atoms with Gasteiger partial charge in [0, 0.05) is 18.8 Å². The van der Waals surface area contributed by atoms with Crippen molar-refractivity contribution in [2.24, 2.45) is 0 Å². The van der Waals surface area contributed by atoms with E-state index in [0.717, 1.165) is 0 Å². The lowest BCUT2D eigenvalue weighted by Gasteiger charge is -2.08. The lowest BCUT2D eigenvalue weighted by Crippen LogP contribution is -2.20. The minimum absolute atomic E-state index is 0.0797. The number of aromatic nitrogens is 1. The topological polar surface area (TPSA) is 75.0 Å². The molecule has 2 aromatic carbocycles. The smallest absolute Gasteiger partial charge is 0.244 e. The summed E-state index contributed by atoms with van der Waals surface area (Å²) in [6.45, 7) is 0.160. The summed E-state index contributed by atoms with van der Waals surface area (Å²) in [5.41, 5.74) is 1.73. The number of carbonyl (C=O) groups excluding carboxylic acids is 1. The van der Waals surface area contributed by atoms with Crippen LogP contribution in [0, 0.1) is 17.1 Å². The number of benzene rings is 2. The molecule has 1 heterocycles. The van der Waals surface area contributed by atoms with Gasteiger partial charge in [0.05, 0.1) is 17.8 Å². The molecule has 1 N–H and O–H groups in total. The van der Waals surface area contributed by atoms with Gasteiger partial charge in [-0.25, -0.2) is 4.39 Å². The molecule has 0 saturated carbocycles. The zero-order valence-electron chi connectivity index (χ0n) is 14.8. The zero-order valence-corrected chi connectivity index (χ0v) is 14.8. The minimum Gasteiger partial charge on any atom is -0.453 e. The van der Waals surface area contributed by atoms with E-state index in [2.05, 4.69) is 16.4 Å². The highest BCUT2D eigenvalue weighted by Crippen LogP contribution is 2.24. The molecule has 0 saturated heterocycles. The third-order valence-electron chi connectivity index (χ3n) is 3.82. The van der Waals surface area contributed by atoms with Crippen molar-refractivity contribution in [3.63, 3.8) is 0 Å². The standard InChI is InChI=1S/C22H16FN3O2/c23-20-12-16(7-9-21(20)28-19-6-3-11-25-15-19)14-26-22(27)10-8-17-4-1-2-5-18(17)13-24/h1-12,15H,14H2,(H,26,27)/b10-8+. The largest absolute Gasteiger partial charge is 0.453 e. The normalized spacial score (nSPS) is 10.4. The summed E-state index contributed by atoms with van der Waals surface area (Å²) >= 11 is 0. The Morgan fingerprint density at radius 2 is 2.07 bits per heavy atom. The summed E-state index contributed by atoms with van der Waals surface area (Å²) in [6, 6.07) is 16.9. The molecule has 5 nitrogen and oxygen atoms in total. The van der Waals surface area contributed by atoms with Crippen LogP contribution in [0.25, 0.3) is 6.08 Å². The van der Waals surface area contributed by atoms with Crippen molar-refractivity contribution in [1.82, 2.24) is 10.3 Å². The number of carbonyl (C=O) groups is 1. The summed E-state index contributed by atoms with van der Waals surface area (Å²) in [6.07, 6.45) is 6.00. The van der Waals surface area contributed by atoms with Crippen LogP contribution in [0.2, 0.25) is 0 Å². The molecule has 0 aliphatic heterocycles. The first kappa shape index (κ1) is 18.8. The molecule has 3 rings (SSSR count). The summed E-state index contributed by atoms with van der Waals surface area (Å²) in [7, 11) is 0. The van der Waals surface area contributed by atoms with Gasteiger partial charge in [0.2, 0.25) is 5.91 Å². The van der Waals surface area contributed by atoms with Gasteiger partial charge in [0.25, 0.3) is 0 Å². The molecule has 1 aromatic heterocycles. The quantitative estimate of drug-likeness (QED) is 0.657. The van der Waals surface area contributed by atoms with Crippen LogP contribution < -0.4 is 10.1 Å². The summed E-state index contributed by atoms with van der Waals surface area (Å²) in [5.74, 6) is -0.362. The van der Waals surface area contributed by atoms with Gasteiger partial charge in [-0.3, -0.25) is 9.78 Å². The van der Waals surface area contributed by atoms with Gasteiger partial charge >= 0.3 is 0 Å². The fourth-order valence-electron chi connectivity index (χ4n) is 2.43. The van der Waals surface area contributed by atoms with Crippen molar-refractivity contribution in [3.05, 3.63) is 95.6 Å². The number of amides is 1. The Balaban J connectivity index is 1.58. The lowest BCUT2D eigenvalue weighted by molar-refractivity contribution is -0.116. The molecule has 0 aliphatic rings. The second kappa shape index (κ2) is 9.10. The molecule has 1 amide bonds. The van der Waals surface area contributed by atoms with Crippen LogP contribution in [0.1, 0.15) is 16.7 Å². The van der Waals surface area contributed by atoms with Gasteiger partial charge in [-0.05, 0) is 47.5 Å². The minimum atomic E-state index is -0.533. The highest BCUT2D eigenvalue weighted by atomic mass is 19.1. The van der Waals surface area contributed by atoms with Crippen LogP contribution in [0.5, 0.6) is 11.5 Å². The SMILES string of the molecule is N#Cc1ccccc1/C=C/C(=O)NCc1ccc(Oc2cccnc2)c(F)c1. The first-order valence-corrected chi connectivity index (χ1v) is 8.47. The second-order valence-corrected chi connectivity index (χ2v) is 5.81. The van der Waals surface area contributed by atoms with Gasteiger partial charge in [-0.2, -0.15) is 5.26 Å². The maximum absolute atomic E-state index is 14.2. The Bertz CT molecular complexity index is 1040. The molecule has 0 unspecified atom stereocenters. The molecule has 0 aliphatic carbocycles. The van der Waals surface area contributed by atoms with Crippen LogP contribution in [-0.2, 0) is 11.3 Å². The number of hydrogen-bond donors (Lipinski definition) is 1. The number of ether oxygens (including phenoxy) is 1. The molecule has 3 aromatic rings. The first-order valence-electron chi connectivity index (χ1n) is 8.47. The van der Waals surface area contributed by atoms with E-state index in [0.29, 0.717) is 22.4 Å². The van der Waals surface area contributed by atoms with Gasteiger partial charge in [0.1, 0.15) is 5.75 Å². The summed E-state index contributed by atoms with van der Waals surface area (Å²) < 4.78 is 19.6. The fourth-order valence-corrected chi connectivity index (χ4v) is 2.43. The molecule has 6 heteroatoms. The summed E-state index contributed by atoms with van der Waals surface area (Å²) in [4.78, 5) is 15.9. The first-order chi connectivity index (χ1) is 13.7. The van der Waals surface area contributed by atoms with E-state index < -0.39 is 5.82 Å². The van der Waals surface area contributed by atoms with Crippen LogP contribution >= 0.6 is 0 Å². The highest BCUT2D eigenvalue weighted by molar-refractivity contribution is 5.92. The number of nitrogens with zero attached hydrogens (tertiary/aromatic N) is 2. The lowest BCUT2D eigenvalue weighted by atomic mass is 10.1. The van der Waals surface area contributed by atoms with E-state index in [-0.39, 0.29) is 18.2 Å². The summed E-state index contributed by atoms with van der Waals surface area (Å²) in [5, 5.41) is 11.7. The molecule has 0 fully saturated rings. The van der Waals surface area contributed by atoms with Crippen molar-refractivity contribution in [3.8, 4) is 17.6 Å². The molecule has 28 heavy (non-hydrogen) atoms. The van der Waals surface area contributed by atoms with Crippen LogP contribution in [-0.4, -0.2) is 10.9 Å². The molecule has 0 spiro atoms. The van der Waals surface area contributed by atoms with Gasteiger partial charge in [-0.1, -0.05) is 24.3 Å². The monoisotopic (exact) mass is 373 g/mol. The van der Waals surface area contributed by atoms with E-state index >= 15 is 0 Å². The van der Waals surface area contributed by atoms with Crippen molar-refractivity contribution in [1.29, 1.82) is 5.26 Å². The molecule has 0 bridgehead atoms. The predicted molar refractivity (Wildman–Crippen MR) is 103 cm³/mol. The average molecular weight is 373 g/mol. The Morgan fingerprint density at radius 3 is 2.82 bits per heavy atom. The number of nitrogens with one attached hydrogen (secondary N) is 1. The van der Waals surface area contributed by atoms with Crippen molar-refractivity contribution >= 4 is 12.0 Å². The average Bonchev–Trinajstić information content (AvgIpc) is 2.73. The van der Waals surface area contributed by atoms with Gasteiger partial charge < -0.3 is 10.1 Å². The van der Waals surface area contributed by atoms with E-state index in [1.807, 2.05) is 0 Å². The molecule has 0 radical (unpaired) electrons. The highest BCUT2D eigenvalue weighted by Gasteiger charge is 2.07. The number of pyridine rings is 1. The fraction of sp³-hybridized carbons (Fsp3) is 0.0455.